The summed E-state index contributed by atoms with van der Waals surface area (Å²) in [6.07, 6.45) is -0.666. The van der Waals surface area contributed by atoms with Gasteiger partial charge < -0.3 is 14.4 Å². The first-order chi connectivity index (χ1) is 14.1. The molecule has 2 aliphatic rings. The maximum absolute atomic E-state index is 12.5. The number of aliphatic imine (C=N–C) groups is 1. The second-order valence-electron chi connectivity index (χ2n) is 7.06. The lowest BCUT2D eigenvalue weighted by Crippen LogP contribution is -2.50. The molecule has 1 fully saturated rings. The van der Waals surface area contributed by atoms with Gasteiger partial charge in [-0.2, -0.15) is 4.99 Å². The quantitative estimate of drug-likeness (QED) is 0.725. The molecule has 2 heterocycles. The number of amides is 1. The molecule has 0 spiro atoms. The minimum absolute atomic E-state index is 0.0786. The molecule has 1 amide bonds. The van der Waals surface area contributed by atoms with Crippen LogP contribution in [0.4, 0.5) is 0 Å². The van der Waals surface area contributed by atoms with E-state index in [-0.39, 0.29) is 11.7 Å². The maximum Gasteiger partial charge on any atom is 0.296 e. The van der Waals surface area contributed by atoms with Gasteiger partial charge in [-0.1, -0.05) is 30.3 Å². The molecule has 0 N–H and O–H groups in total. The molecule has 4 rings (SSSR count). The van der Waals surface area contributed by atoms with E-state index in [4.69, 9.17) is 9.47 Å². The molecule has 7 nitrogen and oxygen atoms in total. The van der Waals surface area contributed by atoms with Gasteiger partial charge in [0.05, 0.1) is 13.7 Å². The van der Waals surface area contributed by atoms with Crippen LogP contribution in [0.25, 0.3) is 0 Å². The molecule has 1 atom stereocenters. The number of Topliss-reactive ketones (excluding diaryl/α,β-unsaturated/α-hetero) is 1. The molecule has 1 saturated heterocycles. The SMILES string of the molecule is COc1ccc(C(=O)CN2CCN(C3=NC(=O)C(c4ccccc4)O3)CC2)cc1. The molecule has 7 heteroatoms. The zero-order chi connectivity index (χ0) is 20.2. The summed E-state index contributed by atoms with van der Waals surface area (Å²) in [6, 6.07) is 16.9. The topological polar surface area (TPSA) is 71.4 Å². The van der Waals surface area contributed by atoms with Gasteiger partial charge in [0, 0.05) is 37.3 Å². The van der Waals surface area contributed by atoms with Crippen LogP contribution >= 0.6 is 0 Å². The Labute approximate surface area is 169 Å². The first-order valence-electron chi connectivity index (χ1n) is 9.63. The van der Waals surface area contributed by atoms with Gasteiger partial charge in [-0.25, -0.2) is 0 Å². The fourth-order valence-electron chi connectivity index (χ4n) is 3.49. The van der Waals surface area contributed by atoms with Crippen molar-refractivity contribution in [1.82, 2.24) is 9.80 Å². The van der Waals surface area contributed by atoms with E-state index in [9.17, 15) is 9.59 Å². The number of ketones is 1. The summed E-state index contributed by atoms with van der Waals surface area (Å²) in [4.78, 5) is 32.9. The Balaban J connectivity index is 1.30. The van der Waals surface area contributed by atoms with Gasteiger partial charge in [0.1, 0.15) is 5.75 Å². The Morgan fingerprint density at radius 1 is 1.07 bits per heavy atom. The zero-order valence-corrected chi connectivity index (χ0v) is 16.3. The van der Waals surface area contributed by atoms with Crippen molar-refractivity contribution in [3.05, 3.63) is 65.7 Å². The number of hydrogen-bond acceptors (Lipinski definition) is 6. The predicted octanol–water partition coefficient (Wildman–Crippen LogP) is 2.15. The van der Waals surface area contributed by atoms with Crippen molar-refractivity contribution < 1.29 is 19.1 Å². The van der Waals surface area contributed by atoms with Gasteiger partial charge in [-0.3, -0.25) is 14.5 Å². The van der Waals surface area contributed by atoms with E-state index in [2.05, 4.69) is 9.89 Å². The van der Waals surface area contributed by atoms with Gasteiger partial charge >= 0.3 is 0 Å². The third kappa shape index (κ3) is 4.30. The number of nitrogens with zero attached hydrogens (tertiary/aromatic N) is 3. The second kappa shape index (κ2) is 8.45. The fourth-order valence-corrected chi connectivity index (χ4v) is 3.49. The summed E-state index contributed by atoms with van der Waals surface area (Å²) in [5.41, 5.74) is 1.48. The van der Waals surface area contributed by atoms with Gasteiger partial charge in [-0.15, -0.1) is 0 Å². The summed E-state index contributed by atoms with van der Waals surface area (Å²) >= 11 is 0. The number of hydrogen-bond donors (Lipinski definition) is 0. The fraction of sp³-hybridized carbons (Fsp3) is 0.318. The van der Waals surface area contributed by atoms with E-state index in [1.807, 2.05) is 35.2 Å². The smallest absolute Gasteiger partial charge is 0.296 e. The lowest BCUT2D eigenvalue weighted by Gasteiger charge is -2.34. The number of carbonyl (C=O) groups is 2. The number of benzene rings is 2. The van der Waals surface area contributed by atoms with Crippen LogP contribution in [-0.4, -0.2) is 67.3 Å². The van der Waals surface area contributed by atoms with Crippen molar-refractivity contribution in [2.24, 2.45) is 4.99 Å². The van der Waals surface area contributed by atoms with Crippen molar-refractivity contribution >= 4 is 17.7 Å². The molecular formula is C22H23N3O4. The number of rotatable bonds is 5. The van der Waals surface area contributed by atoms with Gasteiger partial charge in [-0.05, 0) is 24.3 Å². The average molecular weight is 393 g/mol. The van der Waals surface area contributed by atoms with Crippen LogP contribution in [0.15, 0.2) is 59.6 Å². The molecule has 150 valence electrons. The van der Waals surface area contributed by atoms with E-state index in [1.54, 1.807) is 31.4 Å². The molecule has 0 radical (unpaired) electrons. The largest absolute Gasteiger partial charge is 0.497 e. The van der Waals surface area contributed by atoms with Gasteiger partial charge in [0.2, 0.25) is 6.10 Å². The molecule has 1 unspecified atom stereocenters. The Hall–Kier alpha value is -3.19. The Kier molecular flexibility index (Phi) is 5.57. The summed E-state index contributed by atoms with van der Waals surface area (Å²) in [5, 5.41) is 0. The Morgan fingerprint density at radius 2 is 1.76 bits per heavy atom. The normalized spacial score (nSPS) is 19.6. The number of piperazine rings is 1. The second-order valence-corrected chi connectivity index (χ2v) is 7.06. The van der Waals surface area contributed by atoms with Gasteiger partial charge in [0.15, 0.2) is 5.78 Å². The lowest BCUT2D eigenvalue weighted by atomic mass is 10.1. The molecule has 0 bridgehead atoms. The monoisotopic (exact) mass is 393 g/mol. The van der Waals surface area contributed by atoms with Crippen molar-refractivity contribution in [1.29, 1.82) is 0 Å². The highest BCUT2D eigenvalue weighted by atomic mass is 16.5. The third-order valence-electron chi connectivity index (χ3n) is 5.18. The number of carbonyl (C=O) groups excluding carboxylic acids is 2. The standard InChI is InChI=1S/C22H23N3O4/c1-28-18-9-7-16(8-10-18)19(26)15-24-11-13-25(14-12-24)22-23-21(27)20(29-22)17-5-3-2-4-6-17/h2-10,20H,11-15H2,1H3. The molecule has 29 heavy (non-hydrogen) atoms. The van der Waals surface area contributed by atoms with Crippen LogP contribution in [0.3, 0.4) is 0 Å². The van der Waals surface area contributed by atoms with E-state index >= 15 is 0 Å². The molecule has 0 aromatic heterocycles. The minimum atomic E-state index is -0.666. The van der Waals surface area contributed by atoms with Crippen molar-refractivity contribution in [3.8, 4) is 5.75 Å². The number of amidine groups is 1. The van der Waals surface area contributed by atoms with Crippen molar-refractivity contribution in [2.75, 3.05) is 39.8 Å². The Morgan fingerprint density at radius 3 is 2.41 bits per heavy atom. The summed E-state index contributed by atoms with van der Waals surface area (Å²) in [7, 11) is 1.60. The van der Waals surface area contributed by atoms with Crippen LogP contribution in [0.1, 0.15) is 22.0 Å². The van der Waals surface area contributed by atoms with Crippen LogP contribution in [0.2, 0.25) is 0 Å². The highest BCUT2D eigenvalue weighted by Crippen LogP contribution is 2.25. The van der Waals surface area contributed by atoms with E-state index in [0.717, 1.165) is 11.3 Å². The molecular weight excluding hydrogens is 370 g/mol. The van der Waals surface area contributed by atoms with Crippen molar-refractivity contribution in [3.63, 3.8) is 0 Å². The third-order valence-corrected chi connectivity index (χ3v) is 5.18. The van der Waals surface area contributed by atoms with Crippen LogP contribution in [0, 0.1) is 0 Å². The zero-order valence-electron chi connectivity index (χ0n) is 16.3. The van der Waals surface area contributed by atoms with Crippen molar-refractivity contribution in [2.45, 2.75) is 6.10 Å². The average Bonchev–Trinajstić information content (AvgIpc) is 3.16. The van der Waals surface area contributed by atoms with E-state index in [1.165, 1.54) is 0 Å². The summed E-state index contributed by atoms with van der Waals surface area (Å²) in [5.74, 6) is 0.536. The Bertz CT molecular complexity index is 903. The minimum Gasteiger partial charge on any atom is -0.497 e. The van der Waals surface area contributed by atoms with Crippen LogP contribution in [-0.2, 0) is 9.53 Å². The van der Waals surface area contributed by atoms with E-state index in [0.29, 0.717) is 44.3 Å². The first kappa shape index (κ1) is 19.1. The van der Waals surface area contributed by atoms with E-state index < -0.39 is 6.10 Å². The van der Waals surface area contributed by atoms with Gasteiger partial charge in [0.25, 0.3) is 11.9 Å². The molecule has 2 aromatic rings. The summed E-state index contributed by atoms with van der Waals surface area (Å²) in [6.45, 7) is 3.08. The lowest BCUT2D eigenvalue weighted by molar-refractivity contribution is -0.123. The molecule has 2 aromatic carbocycles. The first-order valence-corrected chi connectivity index (χ1v) is 9.63. The predicted molar refractivity (Wildman–Crippen MR) is 108 cm³/mol. The number of ether oxygens (including phenoxy) is 2. The maximum atomic E-state index is 12.5. The molecule has 0 aliphatic carbocycles. The molecule has 2 aliphatic heterocycles. The molecule has 0 saturated carbocycles. The highest BCUT2D eigenvalue weighted by Gasteiger charge is 2.34. The number of methoxy groups -OCH3 is 1. The highest BCUT2D eigenvalue weighted by molar-refractivity contribution is 5.99. The van der Waals surface area contributed by atoms with Crippen LogP contribution in [0.5, 0.6) is 5.75 Å². The summed E-state index contributed by atoms with van der Waals surface area (Å²) < 4.78 is 11.0. The van der Waals surface area contributed by atoms with Crippen LogP contribution < -0.4 is 4.74 Å².